The highest BCUT2D eigenvalue weighted by Crippen LogP contribution is 2.24. The second-order valence-electron chi connectivity index (χ2n) is 5.45. The van der Waals surface area contributed by atoms with E-state index in [4.69, 9.17) is 0 Å². The molecular weight excluding hydrogens is 388 g/mol. The van der Waals surface area contributed by atoms with E-state index in [9.17, 15) is 31.1 Å². The molecule has 0 fully saturated rings. The van der Waals surface area contributed by atoms with Crippen LogP contribution in [0.2, 0.25) is 0 Å². The van der Waals surface area contributed by atoms with Crippen molar-refractivity contribution in [3.63, 3.8) is 0 Å². The van der Waals surface area contributed by atoms with E-state index in [1.54, 1.807) is 0 Å². The van der Waals surface area contributed by atoms with Crippen LogP contribution in [0.5, 0.6) is 0 Å². The third-order valence-corrected chi connectivity index (χ3v) is 3.60. The van der Waals surface area contributed by atoms with Crippen molar-refractivity contribution < 1.29 is 31.1 Å². The number of hydrogen-bond donors (Lipinski definition) is 2. The zero-order valence-corrected chi connectivity index (χ0v) is 13.7. The van der Waals surface area contributed by atoms with Gasteiger partial charge in [0.15, 0.2) is 34.9 Å². The fourth-order valence-electron chi connectivity index (χ4n) is 2.22. The lowest BCUT2D eigenvalue weighted by Gasteiger charge is -2.10. The van der Waals surface area contributed by atoms with Crippen LogP contribution < -0.4 is 10.6 Å². The monoisotopic (exact) mass is 397 g/mol. The molecule has 1 aromatic heterocycles. The van der Waals surface area contributed by atoms with Crippen LogP contribution in [0.4, 0.5) is 43.5 Å². The lowest BCUT2D eigenvalue weighted by molar-refractivity contribution is 0.102. The van der Waals surface area contributed by atoms with Crippen LogP contribution in [0.1, 0.15) is 10.4 Å². The number of nitrogens with zero attached hydrogens (tertiary/aromatic N) is 1. The van der Waals surface area contributed by atoms with Gasteiger partial charge in [-0.05, 0) is 36.4 Å². The summed E-state index contributed by atoms with van der Waals surface area (Å²) in [5.41, 5.74) is -1.14. The van der Waals surface area contributed by atoms with Crippen molar-refractivity contribution in [3.05, 3.63) is 83.1 Å². The quantitative estimate of drug-likeness (QED) is 0.486. The summed E-state index contributed by atoms with van der Waals surface area (Å²) in [6.07, 6.45) is 1.14. The molecule has 0 saturated carbocycles. The topological polar surface area (TPSA) is 54.0 Å². The Hall–Kier alpha value is -3.56. The molecule has 4 nitrogen and oxygen atoms in total. The zero-order chi connectivity index (χ0) is 20.4. The van der Waals surface area contributed by atoms with E-state index in [0.717, 1.165) is 24.4 Å². The summed E-state index contributed by atoms with van der Waals surface area (Å²) in [7, 11) is 0. The Morgan fingerprint density at radius 1 is 0.750 bits per heavy atom. The number of rotatable bonds is 4. The SMILES string of the molecule is O=C(Nc1ccc(F)c(F)c1F)c1ccnc(Nc2ccc(F)c(F)c2F)c1. The molecule has 2 N–H and O–H groups in total. The molecular formula is C18H9F6N3O. The largest absolute Gasteiger partial charge is 0.338 e. The maximum absolute atomic E-state index is 13.7. The summed E-state index contributed by atoms with van der Waals surface area (Å²) >= 11 is 0. The molecule has 144 valence electrons. The number of halogens is 6. The van der Waals surface area contributed by atoms with E-state index in [0.29, 0.717) is 12.1 Å². The molecule has 0 bridgehead atoms. The highest BCUT2D eigenvalue weighted by Gasteiger charge is 2.17. The van der Waals surface area contributed by atoms with Gasteiger partial charge >= 0.3 is 0 Å². The molecule has 0 aliphatic heterocycles. The highest BCUT2D eigenvalue weighted by atomic mass is 19.2. The van der Waals surface area contributed by atoms with Crippen molar-refractivity contribution >= 4 is 23.1 Å². The third kappa shape index (κ3) is 3.75. The first kappa shape index (κ1) is 19.2. The predicted molar refractivity (Wildman–Crippen MR) is 88.1 cm³/mol. The lowest BCUT2D eigenvalue weighted by atomic mass is 10.2. The summed E-state index contributed by atoms with van der Waals surface area (Å²) in [4.78, 5) is 16.0. The number of carbonyl (C=O) groups is 1. The summed E-state index contributed by atoms with van der Waals surface area (Å²) in [5.74, 6) is -10.3. The van der Waals surface area contributed by atoms with E-state index in [-0.39, 0.29) is 11.4 Å². The van der Waals surface area contributed by atoms with Crippen molar-refractivity contribution in [1.29, 1.82) is 0 Å². The average Bonchev–Trinajstić information content (AvgIpc) is 2.69. The maximum Gasteiger partial charge on any atom is 0.255 e. The van der Waals surface area contributed by atoms with Gasteiger partial charge in [-0.1, -0.05) is 0 Å². The molecule has 1 amide bonds. The van der Waals surface area contributed by atoms with E-state index in [1.807, 2.05) is 0 Å². The molecule has 3 aromatic rings. The zero-order valence-electron chi connectivity index (χ0n) is 13.7. The Balaban J connectivity index is 1.83. The van der Waals surface area contributed by atoms with Crippen LogP contribution >= 0.6 is 0 Å². The number of aromatic nitrogens is 1. The summed E-state index contributed by atoms with van der Waals surface area (Å²) in [6.45, 7) is 0. The fraction of sp³-hybridized carbons (Fsp3) is 0. The lowest BCUT2D eigenvalue weighted by Crippen LogP contribution is -2.14. The van der Waals surface area contributed by atoms with Crippen LogP contribution in [-0.4, -0.2) is 10.9 Å². The van der Waals surface area contributed by atoms with E-state index >= 15 is 0 Å². The minimum atomic E-state index is -1.75. The van der Waals surface area contributed by atoms with Crippen LogP contribution in [0, 0.1) is 34.9 Å². The second kappa shape index (κ2) is 7.59. The van der Waals surface area contributed by atoms with Gasteiger partial charge in [-0.25, -0.2) is 31.3 Å². The van der Waals surface area contributed by atoms with Gasteiger partial charge in [-0.3, -0.25) is 4.79 Å². The molecule has 1 heterocycles. The predicted octanol–water partition coefficient (Wildman–Crippen LogP) is 4.91. The number of anilines is 3. The van der Waals surface area contributed by atoms with Gasteiger partial charge in [0.25, 0.3) is 5.91 Å². The summed E-state index contributed by atoms with van der Waals surface area (Å²) in [5, 5.41) is 4.42. The number of benzene rings is 2. The first-order chi connectivity index (χ1) is 13.3. The molecule has 0 atom stereocenters. The Labute approximate surface area is 153 Å². The standard InChI is InChI=1S/C18H9F6N3O/c19-9-1-3-11(16(23)14(9)21)26-13-7-8(5-6-25-13)18(28)27-12-4-2-10(20)15(22)17(12)24/h1-7H,(H,25,26)(H,27,28). The number of nitrogens with one attached hydrogen (secondary N) is 2. The van der Waals surface area contributed by atoms with E-state index in [2.05, 4.69) is 15.6 Å². The van der Waals surface area contributed by atoms with Crippen LogP contribution in [0.15, 0.2) is 42.6 Å². The molecule has 0 aliphatic carbocycles. The van der Waals surface area contributed by atoms with Crippen LogP contribution in [0.3, 0.4) is 0 Å². The summed E-state index contributed by atoms with van der Waals surface area (Å²) in [6, 6.07) is 5.41. The smallest absolute Gasteiger partial charge is 0.255 e. The van der Waals surface area contributed by atoms with Gasteiger partial charge in [-0.2, -0.15) is 0 Å². The fourth-order valence-corrected chi connectivity index (χ4v) is 2.22. The normalized spacial score (nSPS) is 10.6. The summed E-state index contributed by atoms with van der Waals surface area (Å²) < 4.78 is 79.8. The first-order valence-corrected chi connectivity index (χ1v) is 7.59. The van der Waals surface area contributed by atoms with Crippen molar-refractivity contribution in [3.8, 4) is 0 Å². The van der Waals surface area contributed by atoms with Gasteiger partial charge in [-0.15, -0.1) is 0 Å². The van der Waals surface area contributed by atoms with Crippen molar-refractivity contribution in [2.75, 3.05) is 10.6 Å². The van der Waals surface area contributed by atoms with Crippen molar-refractivity contribution in [1.82, 2.24) is 4.98 Å². The van der Waals surface area contributed by atoms with Crippen molar-refractivity contribution in [2.45, 2.75) is 0 Å². The molecule has 0 radical (unpaired) electrons. The highest BCUT2D eigenvalue weighted by molar-refractivity contribution is 6.04. The Morgan fingerprint density at radius 3 is 1.96 bits per heavy atom. The third-order valence-electron chi connectivity index (χ3n) is 3.60. The van der Waals surface area contributed by atoms with Gasteiger partial charge in [0.2, 0.25) is 0 Å². The Bertz CT molecular complexity index is 1070. The number of carbonyl (C=O) groups excluding carboxylic acids is 1. The second-order valence-corrected chi connectivity index (χ2v) is 5.45. The number of hydrogen-bond acceptors (Lipinski definition) is 3. The van der Waals surface area contributed by atoms with Gasteiger partial charge in [0, 0.05) is 11.8 Å². The molecule has 0 saturated heterocycles. The molecule has 28 heavy (non-hydrogen) atoms. The molecule has 2 aromatic carbocycles. The molecule has 3 rings (SSSR count). The maximum atomic E-state index is 13.7. The van der Waals surface area contributed by atoms with Crippen LogP contribution in [-0.2, 0) is 0 Å². The minimum Gasteiger partial charge on any atom is -0.338 e. The van der Waals surface area contributed by atoms with Gasteiger partial charge in [0.05, 0.1) is 11.4 Å². The van der Waals surface area contributed by atoms with Crippen LogP contribution in [0.25, 0.3) is 0 Å². The Morgan fingerprint density at radius 2 is 1.32 bits per heavy atom. The first-order valence-electron chi connectivity index (χ1n) is 7.59. The van der Waals surface area contributed by atoms with E-state index < -0.39 is 52.2 Å². The number of pyridine rings is 1. The molecule has 0 spiro atoms. The van der Waals surface area contributed by atoms with E-state index in [1.165, 1.54) is 6.07 Å². The molecule has 0 unspecified atom stereocenters. The molecule has 0 aliphatic rings. The van der Waals surface area contributed by atoms with Gasteiger partial charge in [0.1, 0.15) is 5.82 Å². The number of amides is 1. The van der Waals surface area contributed by atoms with Gasteiger partial charge < -0.3 is 10.6 Å². The molecule has 10 heteroatoms. The Kier molecular flexibility index (Phi) is 5.21. The average molecular weight is 397 g/mol. The van der Waals surface area contributed by atoms with Crippen molar-refractivity contribution in [2.24, 2.45) is 0 Å². The minimum absolute atomic E-state index is 0.107.